The second-order valence-electron chi connectivity index (χ2n) is 10.1. The number of benzene rings is 7. The summed E-state index contributed by atoms with van der Waals surface area (Å²) in [5, 5.41) is 17.8. The molecule has 35 heavy (non-hydrogen) atoms. The maximum atomic E-state index is 2.45. The van der Waals surface area contributed by atoms with Crippen LogP contribution in [0.5, 0.6) is 0 Å². The molecular formula is C35H20. The molecule has 0 saturated heterocycles. The number of rotatable bonds is 0. The van der Waals surface area contributed by atoms with Crippen molar-refractivity contribution in [1.29, 1.82) is 0 Å². The Bertz CT molecular complexity index is 2280. The Labute approximate surface area is 201 Å². The van der Waals surface area contributed by atoms with Crippen molar-refractivity contribution in [2.75, 3.05) is 0 Å². The lowest BCUT2D eigenvalue weighted by Gasteiger charge is -2.18. The first-order valence-corrected chi connectivity index (χ1v) is 12.4. The van der Waals surface area contributed by atoms with E-state index in [4.69, 9.17) is 0 Å². The fourth-order valence-corrected chi connectivity index (χ4v) is 6.76. The van der Waals surface area contributed by atoms with Crippen molar-refractivity contribution in [1.82, 2.24) is 0 Å². The predicted octanol–water partition coefficient (Wildman–Crippen LogP) is 7.64. The van der Waals surface area contributed by atoms with Crippen LogP contribution in [0.3, 0.4) is 0 Å². The van der Waals surface area contributed by atoms with Gasteiger partial charge in [-0.15, -0.1) is 0 Å². The minimum atomic E-state index is 0.994. The first-order valence-electron chi connectivity index (χ1n) is 12.4. The first kappa shape index (κ1) is 18.0. The molecule has 0 amide bonds. The molecule has 0 spiro atoms. The summed E-state index contributed by atoms with van der Waals surface area (Å²) in [4.78, 5) is 0. The Morgan fingerprint density at radius 3 is 2.00 bits per heavy atom. The molecule has 0 aromatic heterocycles. The molecule has 0 aliphatic heterocycles. The van der Waals surface area contributed by atoms with Crippen molar-refractivity contribution < 1.29 is 0 Å². The lowest BCUT2D eigenvalue weighted by molar-refractivity contribution is 1.16. The van der Waals surface area contributed by atoms with Gasteiger partial charge in [-0.05, 0) is 117 Å². The minimum absolute atomic E-state index is 0.994. The SMILES string of the molecule is C1=c2ccc3c(cc4ccc5c6c(ccc3c46)=c3cc4ccccc4cc3=5)c2Cc2ccccc21. The summed E-state index contributed by atoms with van der Waals surface area (Å²) in [6.07, 6.45) is 3.35. The summed E-state index contributed by atoms with van der Waals surface area (Å²) >= 11 is 0. The van der Waals surface area contributed by atoms with Crippen LogP contribution in [0.1, 0.15) is 16.7 Å². The van der Waals surface area contributed by atoms with Crippen LogP contribution in [0.15, 0.2) is 103 Å². The van der Waals surface area contributed by atoms with Gasteiger partial charge in [0.2, 0.25) is 0 Å². The van der Waals surface area contributed by atoms with Gasteiger partial charge >= 0.3 is 0 Å². The monoisotopic (exact) mass is 440 g/mol. The molecule has 2 aliphatic carbocycles. The van der Waals surface area contributed by atoms with Crippen molar-refractivity contribution in [3.05, 3.63) is 146 Å². The molecule has 0 bridgehead atoms. The second kappa shape index (κ2) is 6.17. The van der Waals surface area contributed by atoms with Gasteiger partial charge in [-0.25, -0.2) is 0 Å². The molecule has 0 atom stereocenters. The molecule has 0 N–H and O–H groups in total. The van der Waals surface area contributed by atoms with E-state index in [-0.39, 0.29) is 0 Å². The summed E-state index contributed by atoms with van der Waals surface area (Å²) in [5.74, 6) is 0. The molecule has 7 aromatic carbocycles. The summed E-state index contributed by atoms with van der Waals surface area (Å²) < 4.78 is 0. The zero-order valence-electron chi connectivity index (χ0n) is 19.1. The Kier molecular flexibility index (Phi) is 3.17. The third kappa shape index (κ3) is 2.22. The first-order chi connectivity index (χ1) is 17.3. The highest BCUT2D eigenvalue weighted by molar-refractivity contribution is 6.22. The molecule has 0 radical (unpaired) electrons. The molecule has 9 rings (SSSR count). The standard InChI is InChI=1S/C35H20/c1-2-6-21-16-30-24(15-20(21)5-1)9-11-26-27-13-14-29-33-18-23-8-4-3-7-22(23)17-32(33)28-12-10-25(19-31(26)30)34(27)35(28)29/h1-15,17-19H,16H2. The van der Waals surface area contributed by atoms with Gasteiger partial charge in [0.15, 0.2) is 0 Å². The molecule has 7 aromatic rings. The molecule has 160 valence electrons. The molecule has 0 saturated carbocycles. The Hall–Kier alpha value is -4.42. The normalized spacial score (nSPS) is 13.3. The van der Waals surface area contributed by atoms with Crippen LogP contribution >= 0.6 is 0 Å². The van der Waals surface area contributed by atoms with Crippen molar-refractivity contribution >= 4 is 49.2 Å². The summed E-state index contributed by atoms with van der Waals surface area (Å²) in [6.45, 7) is 0. The van der Waals surface area contributed by atoms with E-state index in [2.05, 4.69) is 109 Å². The van der Waals surface area contributed by atoms with E-state index in [0.29, 0.717) is 0 Å². The lowest BCUT2D eigenvalue weighted by Crippen LogP contribution is -2.15. The van der Waals surface area contributed by atoms with Crippen LogP contribution in [-0.2, 0) is 6.42 Å². The van der Waals surface area contributed by atoms with Crippen LogP contribution in [0.25, 0.3) is 49.2 Å². The van der Waals surface area contributed by atoms with E-state index in [0.717, 1.165) is 6.42 Å². The maximum absolute atomic E-state index is 2.45. The van der Waals surface area contributed by atoms with Crippen molar-refractivity contribution in [2.24, 2.45) is 0 Å². The molecule has 0 unspecified atom stereocenters. The molecule has 0 nitrogen and oxygen atoms in total. The van der Waals surface area contributed by atoms with Gasteiger partial charge in [0.05, 0.1) is 0 Å². The quantitative estimate of drug-likeness (QED) is 0.168. The van der Waals surface area contributed by atoms with Gasteiger partial charge in [-0.2, -0.15) is 0 Å². The number of hydrogen-bond acceptors (Lipinski definition) is 0. The molecule has 0 heterocycles. The van der Waals surface area contributed by atoms with Crippen LogP contribution in [0, 0.1) is 20.9 Å². The fourth-order valence-electron chi connectivity index (χ4n) is 6.76. The minimum Gasteiger partial charge on any atom is -0.0619 e. The molecule has 0 fully saturated rings. The number of hydrogen-bond donors (Lipinski definition) is 0. The van der Waals surface area contributed by atoms with Crippen molar-refractivity contribution in [3.8, 4) is 0 Å². The summed E-state index contributed by atoms with van der Waals surface area (Å²) in [7, 11) is 0. The third-order valence-corrected chi connectivity index (χ3v) is 8.38. The van der Waals surface area contributed by atoms with Crippen molar-refractivity contribution in [2.45, 2.75) is 6.42 Å². The third-order valence-electron chi connectivity index (χ3n) is 8.38. The van der Waals surface area contributed by atoms with E-state index >= 15 is 0 Å². The lowest BCUT2D eigenvalue weighted by atomic mass is 9.86. The van der Waals surface area contributed by atoms with Gasteiger partial charge in [0.25, 0.3) is 0 Å². The highest BCUT2D eigenvalue weighted by Gasteiger charge is 2.17. The predicted molar refractivity (Wildman–Crippen MR) is 146 cm³/mol. The van der Waals surface area contributed by atoms with Crippen molar-refractivity contribution in [3.63, 3.8) is 0 Å². The topological polar surface area (TPSA) is 0 Å². The average molecular weight is 441 g/mol. The zero-order valence-corrected chi connectivity index (χ0v) is 19.1. The number of fused-ring (bicyclic) bond motifs is 7. The van der Waals surface area contributed by atoms with E-state index in [1.165, 1.54) is 85.9 Å². The van der Waals surface area contributed by atoms with E-state index in [1.807, 2.05) is 0 Å². The van der Waals surface area contributed by atoms with Crippen LogP contribution in [-0.4, -0.2) is 0 Å². The summed E-state index contributed by atoms with van der Waals surface area (Å²) in [5.41, 5.74) is 4.23. The Balaban J connectivity index is 1.47. The second-order valence-corrected chi connectivity index (χ2v) is 10.1. The van der Waals surface area contributed by atoms with Gasteiger partial charge in [0.1, 0.15) is 0 Å². The van der Waals surface area contributed by atoms with Gasteiger partial charge in [-0.3, -0.25) is 0 Å². The highest BCUT2D eigenvalue weighted by Crippen LogP contribution is 2.38. The molecule has 2 aliphatic rings. The smallest absolute Gasteiger partial charge is 0.000771 e. The average Bonchev–Trinajstić information content (AvgIpc) is 3.22. The van der Waals surface area contributed by atoms with E-state index < -0.39 is 0 Å². The van der Waals surface area contributed by atoms with Crippen LogP contribution in [0.2, 0.25) is 0 Å². The molecular weight excluding hydrogens is 420 g/mol. The van der Waals surface area contributed by atoms with Gasteiger partial charge in [0, 0.05) is 0 Å². The largest absolute Gasteiger partial charge is 0.0619 e. The Morgan fingerprint density at radius 2 is 1.17 bits per heavy atom. The highest BCUT2D eigenvalue weighted by atomic mass is 14.2. The zero-order chi connectivity index (χ0) is 22.7. The van der Waals surface area contributed by atoms with E-state index in [1.54, 1.807) is 0 Å². The van der Waals surface area contributed by atoms with E-state index in [9.17, 15) is 0 Å². The maximum Gasteiger partial charge on any atom is -0.000771 e. The van der Waals surface area contributed by atoms with Gasteiger partial charge in [-0.1, -0.05) is 84.9 Å². The molecule has 0 heteroatoms. The van der Waals surface area contributed by atoms with Crippen LogP contribution in [0.4, 0.5) is 0 Å². The Morgan fingerprint density at radius 1 is 0.457 bits per heavy atom. The fraction of sp³-hybridized carbons (Fsp3) is 0.0286. The van der Waals surface area contributed by atoms with Gasteiger partial charge < -0.3 is 0 Å². The summed E-state index contributed by atoms with van der Waals surface area (Å²) in [6, 6.07) is 38.8. The van der Waals surface area contributed by atoms with Crippen LogP contribution < -0.4 is 5.22 Å².